The van der Waals surface area contributed by atoms with E-state index in [4.69, 9.17) is 0 Å². The van der Waals surface area contributed by atoms with Crippen LogP contribution in [0.3, 0.4) is 0 Å². The molecule has 2 unspecified atom stereocenters. The summed E-state index contributed by atoms with van der Waals surface area (Å²) >= 11 is 9.49. The van der Waals surface area contributed by atoms with Gasteiger partial charge in [-0.3, -0.25) is 9.59 Å². The van der Waals surface area contributed by atoms with Gasteiger partial charge in [0.15, 0.2) is 0 Å². The highest BCUT2D eigenvalue weighted by molar-refractivity contribution is 8.01. The lowest BCUT2D eigenvalue weighted by Crippen LogP contribution is -2.22. The second kappa shape index (κ2) is 8.18. The van der Waals surface area contributed by atoms with Gasteiger partial charge in [-0.05, 0) is 0 Å². The lowest BCUT2D eigenvalue weighted by Gasteiger charge is -2.10. The molecule has 0 aliphatic carbocycles. The number of rotatable bonds is 6. The van der Waals surface area contributed by atoms with Crippen molar-refractivity contribution in [3.05, 3.63) is 0 Å². The van der Waals surface area contributed by atoms with Gasteiger partial charge in [0.1, 0.15) is 10.5 Å². The van der Waals surface area contributed by atoms with Gasteiger partial charge in [-0.25, -0.2) is 0 Å². The quantitative estimate of drug-likeness (QED) is 0.549. The van der Waals surface area contributed by atoms with Crippen molar-refractivity contribution in [2.45, 2.75) is 10.5 Å². The molecule has 0 spiro atoms. The number of carbonyl (C=O) groups is 2. The van der Waals surface area contributed by atoms with Crippen LogP contribution in [-0.4, -0.2) is 48.2 Å². The molecular formula is C8H14O4S3. The molecule has 88 valence electrons. The van der Waals surface area contributed by atoms with Gasteiger partial charge in [0.25, 0.3) is 0 Å². The van der Waals surface area contributed by atoms with Crippen LogP contribution in [0.2, 0.25) is 0 Å². The van der Waals surface area contributed by atoms with E-state index in [-0.39, 0.29) is 11.9 Å². The topological polar surface area (TPSA) is 52.6 Å². The molecule has 0 amide bonds. The van der Waals surface area contributed by atoms with E-state index in [1.807, 2.05) is 0 Å². The van der Waals surface area contributed by atoms with Gasteiger partial charge in [0.2, 0.25) is 0 Å². The van der Waals surface area contributed by atoms with Gasteiger partial charge in [-0.15, -0.1) is 0 Å². The minimum atomic E-state index is -0.474. The molecule has 0 aromatic heterocycles. The molecule has 15 heavy (non-hydrogen) atoms. The second-order valence-corrected chi connectivity index (χ2v) is 4.94. The number of ether oxygens (including phenoxy) is 2. The summed E-state index contributed by atoms with van der Waals surface area (Å²) < 4.78 is 9.00. The Morgan fingerprint density at radius 1 is 1.07 bits per heavy atom. The average Bonchev–Trinajstić information content (AvgIpc) is 2.26. The Hall–Kier alpha value is -0.0100. The summed E-state index contributed by atoms with van der Waals surface area (Å²) in [5.41, 5.74) is 0. The number of hydrogen-bond acceptors (Lipinski definition) is 7. The van der Waals surface area contributed by atoms with Crippen LogP contribution < -0.4 is 0 Å². The van der Waals surface area contributed by atoms with E-state index in [9.17, 15) is 9.59 Å². The Kier molecular flexibility index (Phi) is 8.17. The van der Waals surface area contributed by atoms with E-state index in [2.05, 4.69) is 34.7 Å². The first-order valence-electron chi connectivity index (χ1n) is 4.12. The van der Waals surface area contributed by atoms with Crippen molar-refractivity contribution in [3.63, 3.8) is 0 Å². The monoisotopic (exact) mass is 270 g/mol. The molecule has 0 radical (unpaired) electrons. The summed E-state index contributed by atoms with van der Waals surface area (Å²) in [6, 6.07) is 0. The van der Waals surface area contributed by atoms with Crippen molar-refractivity contribution in [1.29, 1.82) is 0 Å². The summed E-state index contributed by atoms with van der Waals surface area (Å²) in [6.45, 7) is 0. The highest BCUT2D eigenvalue weighted by atomic mass is 32.2. The Labute approximate surface area is 104 Å². The zero-order chi connectivity index (χ0) is 11.8. The molecule has 0 heterocycles. The predicted molar refractivity (Wildman–Crippen MR) is 66.9 cm³/mol. The predicted octanol–water partition coefficient (Wildman–Crippen LogP) is 0.662. The van der Waals surface area contributed by atoms with E-state index in [1.165, 1.54) is 26.0 Å². The number of carbonyl (C=O) groups excluding carboxylic acids is 2. The number of thioether (sulfide) groups is 1. The van der Waals surface area contributed by atoms with E-state index >= 15 is 0 Å². The molecule has 0 N–H and O–H groups in total. The van der Waals surface area contributed by atoms with Crippen LogP contribution in [0.15, 0.2) is 0 Å². The lowest BCUT2D eigenvalue weighted by atomic mass is 10.5. The molecule has 0 saturated carbocycles. The van der Waals surface area contributed by atoms with Crippen molar-refractivity contribution in [2.75, 3.05) is 25.7 Å². The molecule has 0 rings (SSSR count). The normalized spacial score (nSPS) is 14.1. The number of esters is 2. The molecule has 0 bridgehead atoms. The van der Waals surface area contributed by atoms with Gasteiger partial charge < -0.3 is 9.47 Å². The molecule has 0 aromatic rings. The van der Waals surface area contributed by atoms with Crippen molar-refractivity contribution in [1.82, 2.24) is 0 Å². The maximum absolute atomic E-state index is 11.0. The van der Waals surface area contributed by atoms with Crippen LogP contribution in [-0.2, 0) is 19.1 Å². The lowest BCUT2D eigenvalue weighted by molar-refractivity contribution is -0.140. The SMILES string of the molecule is COC(=O)C(S)CSCC(S)C(=O)OC. The van der Waals surface area contributed by atoms with E-state index in [0.717, 1.165) is 0 Å². The highest BCUT2D eigenvalue weighted by Gasteiger charge is 2.17. The third-order valence-corrected chi connectivity index (χ3v) is 3.92. The molecule has 7 heteroatoms. The third-order valence-electron chi connectivity index (χ3n) is 1.50. The first-order chi connectivity index (χ1) is 7.02. The summed E-state index contributed by atoms with van der Waals surface area (Å²) in [5.74, 6) is 0.201. The Morgan fingerprint density at radius 3 is 1.67 bits per heavy atom. The molecule has 2 atom stereocenters. The van der Waals surface area contributed by atoms with Gasteiger partial charge in [0.05, 0.1) is 14.2 Å². The van der Waals surface area contributed by atoms with Gasteiger partial charge in [0, 0.05) is 11.5 Å². The van der Waals surface area contributed by atoms with Crippen LogP contribution in [0, 0.1) is 0 Å². The van der Waals surface area contributed by atoms with E-state index in [1.54, 1.807) is 0 Å². The molecule has 0 fully saturated rings. The number of hydrogen-bond donors (Lipinski definition) is 2. The Balaban J connectivity index is 3.70. The van der Waals surface area contributed by atoms with Crippen LogP contribution in [0.5, 0.6) is 0 Å². The van der Waals surface area contributed by atoms with E-state index < -0.39 is 10.5 Å². The molecule has 0 aromatic carbocycles. The van der Waals surface area contributed by atoms with Crippen LogP contribution in [0.25, 0.3) is 0 Å². The first kappa shape index (κ1) is 15.0. The Morgan fingerprint density at radius 2 is 1.40 bits per heavy atom. The highest BCUT2D eigenvalue weighted by Crippen LogP contribution is 2.13. The molecule has 0 saturated heterocycles. The first-order valence-corrected chi connectivity index (χ1v) is 6.31. The Bertz CT molecular complexity index is 200. The smallest absolute Gasteiger partial charge is 0.319 e. The minimum Gasteiger partial charge on any atom is -0.468 e. The van der Waals surface area contributed by atoms with Gasteiger partial charge in [-0.2, -0.15) is 37.0 Å². The summed E-state index contributed by atoms with van der Waals surface area (Å²) in [7, 11) is 2.62. The van der Waals surface area contributed by atoms with Crippen LogP contribution >= 0.6 is 37.0 Å². The minimum absolute atomic E-state index is 0.375. The second-order valence-electron chi connectivity index (χ2n) is 2.62. The van der Waals surface area contributed by atoms with E-state index in [0.29, 0.717) is 11.5 Å². The maximum Gasteiger partial charge on any atom is 0.319 e. The molecule has 0 aliphatic heterocycles. The fraction of sp³-hybridized carbons (Fsp3) is 0.750. The van der Waals surface area contributed by atoms with Crippen molar-refractivity contribution in [3.8, 4) is 0 Å². The van der Waals surface area contributed by atoms with Crippen LogP contribution in [0.4, 0.5) is 0 Å². The molecule has 4 nitrogen and oxygen atoms in total. The molecule has 0 aliphatic rings. The largest absolute Gasteiger partial charge is 0.468 e. The fourth-order valence-electron chi connectivity index (χ4n) is 0.699. The summed E-state index contributed by atoms with van der Waals surface area (Å²) in [5, 5.41) is -0.948. The van der Waals surface area contributed by atoms with Gasteiger partial charge in [-0.1, -0.05) is 0 Å². The zero-order valence-electron chi connectivity index (χ0n) is 8.50. The fourth-order valence-corrected chi connectivity index (χ4v) is 2.40. The average molecular weight is 270 g/mol. The maximum atomic E-state index is 11.0. The van der Waals surface area contributed by atoms with Crippen molar-refractivity contribution < 1.29 is 19.1 Å². The van der Waals surface area contributed by atoms with Crippen molar-refractivity contribution in [2.24, 2.45) is 0 Å². The van der Waals surface area contributed by atoms with Crippen LogP contribution in [0.1, 0.15) is 0 Å². The number of methoxy groups -OCH3 is 2. The van der Waals surface area contributed by atoms with Crippen molar-refractivity contribution >= 4 is 49.0 Å². The third kappa shape index (κ3) is 6.21. The van der Waals surface area contributed by atoms with Gasteiger partial charge >= 0.3 is 11.9 Å². The summed E-state index contributed by atoms with van der Waals surface area (Å²) in [4.78, 5) is 21.9. The number of thiol groups is 2. The zero-order valence-corrected chi connectivity index (χ0v) is 11.1. The molecular weight excluding hydrogens is 256 g/mol. The summed E-state index contributed by atoms with van der Waals surface area (Å²) in [6.07, 6.45) is 0. The standard InChI is InChI=1S/C8H14O4S3/c1-11-7(9)5(13)3-15-4-6(14)8(10)12-2/h5-6,13-14H,3-4H2,1-2H3.